The predicted molar refractivity (Wildman–Crippen MR) is 97.3 cm³/mol. The van der Waals surface area contributed by atoms with Gasteiger partial charge in [-0.2, -0.15) is 9.61 Å². The highest BCUT2D eigenvalue weighted by Crippen LogP contribution is 2.26. The number of rotatable bonds is 4. The number of fused-ring (bicyclic) bond motifs is 1. The molecule has 3 aromatic heterocycles. The second kappa shape index (κ2) is 6.25. The first-order valence-electron chi connectivity index (χ1n) is 7.89. The van der Waals surface area contributed by atoms with Gasteiger partial charge in [0, 0.05) is 23.1 Å². The second-order valence-corrected chi connectivity index (χ2v) is 6.85. The Bertz CT molecular complexity index is 1020. The number of aryl methyl sites for hydroxylation is 1. The van der Waals surface area contributed by atoms with Crippen LogP contribution in [0.5, 0.6) is 0 Å². The zero-order chi connectivity index (χ0) is 17.4. The van der Waals surface area contributed by atoms with Crippen molar-refractivity contribution in [3.8, 4) is 11.3 Å². The number of thiazole rings is 1. The molecule has 0 fully saturated rings. The van der Waals surface area contributed by atoms with Gasteiger partial charge in [0.15, 0.2) is 5.65 Å². The third kappa shape index (κ3) is 3.10. The van der Waals surface area contributed by atoms with Gasteiger partial charge in [0.1, 0.15) is 11.6 Å². The van der Waals surface area contributed by atoms with Gasteiger partial charge in [-0.3, -0.25) is 0 Å². The Labute approximate surface area is 148 Å². The third-order valence-corrected chi connectivity index (χ3v) is 4.74. The lowest BCUT2D eigenvalue weighted by molar-refractivity contribution is 0.628. The Hall–Kier alpha value is -2.80. The molecule has 1 aromatic carbocycles. The zero-order valence-corrected chi connectivity index (χ0v) is 14.6. The predicted octanol–water partition coefficient (Wildman–Crippen LogP) is 4.47. The van der Waals surface area contributed by atoms with Crippen LogP contribution in [0.2, 0.25) is 0 Å². The van der Waals surface area contributed by atoms with Crippen LogP contribution in [-0.2, 0) is 0 Å². The number of benzene rings is 1. The molecule has 7 heteroatoms. The summed E-state index contributed by atoms with van der Waals surface area (Å²) in [6, 6.07) is 10.1. The summed E-state index contributed by atoms with van der Waals surface area (Å²) in [5, 5.41) is 10.9. The van der Waals surface area contributed by atoms with Crippen LogP contribution in [0.3, 0.4) is 0 Å². The van der Waals surface area contributed by atoms with E-state index < -0.39 is 0 Å². The van der Waals surface area contributed by atoms with Crippen molar-refractivity contribution in [3.05, 3.63) is 64.5 Å². The summed E-state index contributed by atoms with van der Waals surface area (Å²) in [5.41, 5.74) is 3.33. The standard InChI is InChI=1S/C18H16FN5S/c1-11(16-10-25-12(2)22-16)21-18-9-15(13-3-5-14(19)6-4-13)23-17-7-8-20-24(17)18/h3-11,21H,1-2H3/t11-/m0/s1. The molecule has 126 valence electrons. The van der Waals surface area contributed by atoms with Crippen molar-refractivity contribution in [3.63, 3.8) is 0 Å². The average molecular weight is 353 g/mol. The number of nitrogens with one attached hydrogen (secondary N) is 1. The van der Waals surface area contributed by atoms with Crippen molar-refractivity contribution in [2.45, 2.75) is 19.9 Å². The van der Waals surface area contributed by atoms with Gasteiger partial charge in [-0.25, -0.2) is 14.4 Å². The fourth-order valence-corrected chi connectivity index (χ4v) is 3.37. The van der Waals surface area contributed by atoms with Crippen LogP contribution < -0.4 is 5.32 Å². The van der Waals surface area contributed by atoms with Gasteiger partial charge < -0.3 is 5.32 Å². The molecular formula is C18H16FN5S. The van der Waals surface area contributed by atoms with Crippen molar-refractivity contribution in [2.24, 2.45) is 0 Å². The maximum atomic E-state index is 13.2. The van der Waals surface area contributed by atoms with Gasteiger partial charge in [0.05, 0.1) is 28.6 Å². The summed E-state index contributed by atoms with van der Waals surface area (Å²) in [6.45, 7) is 4.05. The summed E-state index contributed by atoms with van der Waals surface area (Å²) in [6.07, 6.45) is 1.71. The second-order valence-electron chi connectivity index (χ2n) is 5.79. The van der Waals surface area contributed by atoms with Gasteiger partial charge in [-0.15, -0.1) is 11.3 Å². The molecule has 4 aromatic rings. The fraction of sp³-hybridized carbons (Fsp3) is 0.167. The highest BCUT2D eigenvalue weighted by Gasteiger charge is 2.13. The molecule has 5 nitrogen and oxygen atoms in total. The van der Waals surface area contributed by atoms with Crippen LogP contribution >= 0.6 is 11.3 Å². The van der Waals surface area contributed by atoms with Gasteiger partial charge in [0.2, 0.25) is 0 Å². The van der Waals surface area contributed by atoms with E-state index in [1.165, 1.54) is 12.1 Å². The molecule has 3 heterocycles. The van der Waals surface area contributed by atoms with Gasteiger partial charge in [-0.05, 0) is 38.1 Å². The molecule has 0 bridgehead atoms. The quantitative estimate of drug-likeness (QED) is 0.588. The lowest BCUT2D eigenvalue weighted by atomic mass is 10.1. The van der Waals surface area contributed by atoms with E-state index in [0.29, 0.717) is 0 Å². The van der Waals surface area contributed by atoms with Gasteiger partial charge in [0.25, 0.3) is 0 Å². The third-order valence-electron chi connectivity index (χ3n) is 3.94. The molecule has 0 aliphatic heterocycles. The van der Waals surface area contributed by atoms with Gasteiger partial charge in [-0.1, -0.05) is 0 Å². The largest absolute Gasteiger partial charge is 0.362 e. The van der Waals surface area contributed by atoms with E-state index in [9.17, 15) is 4.39 Å². The number of hydrogen-bond acceptors (Lipinski definition) is 5. The summed E-state index contributed by atoms with van der Waals surface area (Å²) in [5.74, 6) is 0.549. The van der Waals surface area contributed by atoms with Crippen LogP contribution in [0.4, 0.5) is 10.2 Å². The summed E-state index contributed by atoms with van der Waals surface area (Å²) in [7, 11) is 0. The smallest absolute Gasteiger partial charge is 0.157 e. The Balaban J connectivity index is 1.74. The minimum atomic E-state index is -0.264. The molecule has 0 saturated carbocycles. The van der Waals surface area contributed by atoms with E-state index in [0.717, 1.165) is 33.4 Å². The molecule has 0 radical (unpaired) electrons. The summed E-state index contributed by atoms with van der Waals surface area (Å²) < 4.78 is 14.9. The highest BCUT2D eigenvalue weighted by atomic mass is 32.1. The molecule has 1 N–H and O–H groups in total. The molecule has 0 amide bonds. The lowest BCUT2D eigenvalue weighted by Gasteiger charge is -2.15. The van der Waals surface area contributed by atoms with Crippen LogP contribution in [0.15, 0.2) is 48.0 Å². The molecule has 0 aliphatic carbocycles. The van der Waals surface area contributed by atoms with Crippen LogP contribution in [0.1, 0.15) is 23.7 Å². The molecule has 0 aliphatic rings. The van der Waals surface area contributed by atoms with Crippen LogP contribution in [0, 0.1) is 12.7 Å². The average Bonchev–Trinajstić information content (AvgIpc) is 3.24. The van der Waals surface area contributed by atoms with E-state index in [-0.39, 0.29) is 11.9 Å². The molecule has 4 rings (SSSR count). The molecule has 0 saturated heterocycles. The molecule has 0 spiro atoms. The Kier molecular flexibility index (Phi) is 3.93. The minimum Gasteiger partial charge on any atom is -0.362 e. The van der Waals surface area contributed by atoms with E-state index in [2.05, 4.69) is 32.7 Å². The Morgan fingerprint density at radius 1 is 1.16 bits per heavy atom. The van der Waals surface area contributed by atoms with Crippen molar-refractivity contribution < 1.29 is 4.39 Å². The maximum absolute atomic E-state index is 13.2. The Morgan fingerprint density at radius 2 is 1.96 bits per heavy atom. The number of anilines is 1. The number of hydrogen-bond donors (Lipinski definition) is 1. The first kappa shape index (κ1) is 15.7. The first-order chi connectivity index (χ1) is 12.1. The number of halogens is 1. The van der Waals surface area contributed by atoms with E-state index in [1.54, 1.807) is 34.2 Å². The Morgan fingerprint density at radius 3 is 2.68 bits per heavy atom. The normalized spacial score (nSPS) is 12.4. The number of nitrogens with zero attached hydrogens (tertiary/aromatic N) is 4. The van der Waals surface area contributed by atoms with Crippen molar-refractivity contribution in [2.75, 3.05) is 5.32 Å². The van der Waals surface area contributed by atoms with E-state index in [4.69, 9.17) is 0 Å². The summed E-state index contributed by atoms with van der Waals surface area (Å²) >= 11 is 1.63. The lowest BCUT2D eigenvalue weighted by Crippen LogP contribution is -2.11. The minimum absolute atomic E-state index is 0.0285. The monoisotopic (exact) mass is 353 g/mol. The molecule has 1 atom stereocenters. The van der Waals surface area contributed by atoms with Gasteiger partial charge >= 0.3 is 0 Å². The topological polar surface area (TPSA) is 55.1 Å². The molecule has 25 heavy (non-hydrogen) atoms. The molecule has 0 unspecified atom stereocenters. The maximum Gasteiger partial charge on any atom is 0.157 e. The van der Waals surface area contributed by atoms with Crippen molar-refractivity contribution >= 4 is 22.8 Å². The van der Waals surface area contributed by atoms with Crippen molar-refractivity contribution in [1.82, 2.24) is 19.6 Å². The van der Waals surface area contributed by atoms with Crippen LogP contribution in [0.25, 0.3) is 16.9 Å². The zero-order valence-electron chi connectivity index (χ0n) is 13.8. The van der Waals surface area contributed by atoms with E-state index >= 15 is 0 Å². The highest BCUT2D eigenvalue weighted by molar-refractivity contribution is 7.09. The summed E-state index contributed by atoms with van der Waals surface area (Å²) in [4.78, 5) is 9.14. The van der Waals surface area contributed by atoms with E-state index in [1.807, 2.05) is 19.1 Å². The van der Waals surface area contributed by atoms with Crippen molar-refractivity contribution in [1.29, 1.82) is 0 Å². The fourth-order valence-electron chi connectivity index (χ4n) is 2.66. The van der Waals surface area contributed by atoms with Crippen LogP contribution in [-0.4, -0.2) is 19.6 Å². The number of aromatic nitrogens is 4. The molecular weight excluding hydrogens is 337 g/mol. The first-order valence-corrected chi connectivity index (χ1v) is 8.77. The SMILES string of the molecule is Cc1nc([C@H](C)Nc2cc(-c3ccc(F)cc3)nc3ccnn23)cs1.